The average molecular weight is 170 g/mol. The summed E-state index contributed by atoms with van der Waals surface area (Å²) in [7, 11) is 0. The van der Waals surface area contributed by atoms with E-state index in [0.717, 1.165) is 19.3 Å². The first kappa shape index (κ1) is 9.72. The van der Waals surface area contributed by atoms with Gasteiger partial charge in [0.25, 0.3) is 0 Å². The number of aliphatic hydroxyl groups is 1. The maximum absolute atomic E-state index is 11.2. The molecule has 0 bridgehead atoms. The summed E-state index contributed by atoms with van der Waals surface area (Å²) in [5, 5.41) is 9.67. The topological polar surface area (TPSA) is 37.3 Å². The van der Waals surface area contributed by atoms with Crippen LogP contribution < -0.4 is 0 Å². The number of Topliss-reactive ketones (excluding diaryl/α,β-unsaturated/α-hetero) is 1. The summed E-state index contributed by atoms with van der Waals surface area (Å²) in [6.07, 6.45) is 2.92. The predicted molar refractivity (Wildman–Crippen MR) is 47.8 cm³/mol. The van der Waals surface area contributed by atoms with Crippen molar-refractivity contribution in [3.8, 4) is 0 Å². The second-order valence-electron chi connectivity index (χ2n) is 4.16. The van der Waals surface area contributed by atoms with Gasteiger partial charge in [-0.3, -0.25) is 4.79 Å². The summed E-state index contributed by atoms with van der Waals surface area (Å²) < 4.78 is 0. The Kier molecular flexibility index (Phi) is 3.27. The third-order valence-electron chi connectivity index (χ3n) is 2.53. The minimum atomic E-state index is -0.389. The number of hydrogen-bond acceptors (Lipinski definition) is 2. The first-order valence-electron chi connectivity index (χ1n) is 4.82. The van der Waals surface area contributed by atoms with E-state index in [2.05, 4.69) is 13.8 Å². The predicted octanol–water partition coefficient (Wildman–Crippen LogP) is 1.76. The van der Waals surface area contributed by atoms with Gasteiger partial charge in [0.2, 0.25) is 0 Å². The van der Waals surface area contributed by atoms with Gasteiger partial charge in [-0.15, -0.1) is 0 Å². The third kappa shape index (κ3) is 2.31. The molecule has 12 heavy (non-hydrogen) atoms. The number of rotatable bonds is 3. The van der Waals surface area contributed by atoms with Crippen LogP contribution in [0.25, 0.3) is 0 Å². The van der Waals surface area contributed by atoms with Crippen LogP contribution in [0.1, 0.15) is 39.5 Å². The molecule has 2 nitrogen and oxygen atoms in total. The molecule has 1 saturated carbocycles. The molecule has 1 aliphatic rings. The molecule has 2 atom stereocenters. The lowest BCUT2D eigenvalue weighted by atomic mass is 9.93. The fourth-order valence-electron chi connectivity index (χ4n) is 1.90. The standard InChI is InChI=1S/C10H18O2/c1-7(2)6-10(12)8-4-3-5-9(8)11/h7-8,10,12H,3-6H2,1-2H3/t8-,10-/m1/s1. The number of aliphatic hydroxyl groups excluding tert-OH is 1. The second-order valence-corrected chi connectivity index (χ2v) is 4.16. The van der Waals surface area contributed by atoms with Gasteiger partial charge in [0.05, 0.1) is 6.10 Å². The zero-order chi connectivity index (χ0) is 9.14. The summed E-state index contributed by atoms with van der Waals surface area (Å²) in [6, 6.07) is 0. The van der Waals surface area contributed by atoms with E-state index in [1.165, 1.54) is 0 Å². The highest BCUT2D eigenvalue weighted by Gasteiger charge is 2.30. The molecule has 1 aliphatic carbocycles. The first-order chi connectivity index (χ1) is 5.61. The zero-order valence-electron chi connectivity index (χ0n) is 7.92. The summed E-state index contributed by atoms with van der Waals surface area (Å²) in [5.74, 6) is 0.698. The molecule has 0 unspecified atom stereocenters. The molecule has 0 aromatic carbocycles. The Morgan fingerprint density at radius 2 is 2.25 bits per heavy atom. The van der Waals surface area contributed by atoms with E-state index in [1.54, 1.807) is 0 Å². The van der Waals surface area contributed by atoms with Gasteiger partial charge in [0, 0.05) is 12.3 Å². The van der Waals surface area contributed by atoms with Gasteiger partial charge >= 0.3 is 0 Å². The van der Waals surface area contributed by atoms with E-state index in [9.17, 15) is 9.90 Å². The molecule has 0 heterocycles. The Labute approximate surface area is 74.0 Å². The Morgan fingerprint density at radius 3 is 2.67 bits per heavy atom. The van der Waals surface area contributed by atoms with Crippen molar-refractivity contribution in [3.05, 3.63) is 0 Å². The molecule has 0 saturated heterocycles. The lowest BCUT2D eigenvalue weighted by Gasteiger charge is -2.17. The molecule has 2 heteroatoms. The molecule has 1 N–H and O–H groups in total. The Bertz CT molecular complexity index is 163. The molecule has 0 aromatic heterocycles. The van der Waals surface area contributed by atoms with Crippen LogP contribution in [0.4, 0.5) is 0 Å². The summed E-state index contributed by atoms with van der Waals surface area (Å²) in [5.41, 5.74) is 0. The highest BCUT2D eigenvalue weighted by molar-refractivity contribution is 5.83. The van der Waals surface area contributed by atoms with E-state index in [0.29, 0.717) is 12.3 Å². The van der Waals surface area contributed by atoms with Crippen LogP contribution >= 0.6 is 0 Å². The quantitative estimate of drug-likeness (QED) is 0.700. The van der Waals surface area contributed by atoms with E-state index >= 15 is 0 Å². The van der Waals surface area contributed by atoms with E-state index in [-0.39, 0.29) is 17.8 Å². The van der Waals surface area contributed by atoms with E-state index in [1.807, 2.05) is 0 Å². The summed E-state index contributed by atoms with van der Waals surface area (Å²) in [4.78, 5) is 11.2. The zero-order valence-corrected chi connectivity index (χ0v) is 7.92. The largest absolute Gasteiger partial charge is 0.392 e. The van der Waals surface area contributed by atoms with Crippen LogP contribution in [0.2, 0.25) is 0 Å². The molecule has 0 amide bonds. The number of hydrogen-bond donors (Lipinski definition) is 1. The Balaban J connectivity index is 2.40. The highest BCUT2D eigenvalue weighted by Crippen LogP contribution is 2.27. The van der Waals surface area contributed by atoms with Crippen LogP contribution in [-0.4, -0.2) is 17.0 Å². The minimum absolute atomic E-state index is 0.0487. The van der Waals surface area contributed by atoms with E-state index in [4.69, 9.17) is 0 Å². The molecule has 0 aromatic rings. The van der Waals surface area contributed by atoms with Crippen LogP contribution in [0.3, 0.4) is 0 Å². The fraction of sp³-hybridized carbons (Fsp3) is 0.900. The highest BCUT2D eigenvalue weighted by atomic mass is 16.3. The first-order valence-corrected chi connectivity index (χ1v) is 4.82. The normalized spacial score (nSPS) is 26.7. The molecular weight excluding hydrogens is 152 g/mol. The SMILES string of the molecule is CC(C)C[C@@H](O)[C@@H]1CCCC1=O. The maximum Gasteiger partial charge on any atom is 0.138 e. The van der Waals surface area contributed by atoms with Crippen LogP contribution in [0.15, 0.2) is 0 Å². The third-order valence-corrected chi connectivity index (χ3v) is 2.53. The second kappa shape index (κ2) is 4.04. The monoisotopic (exact) mass is 170 g/mol. The summed E-state index contributed by atoms with van der Waals surface area (Å²) in [6.45, 7) is 4.14. The van der Waals surface area contributed by atoms with Gasteiger partial charge in [-0.25, -0.2) is 0 Å². The van der Waals surface area contributed by atoms with Gasteiger partial charge in [0.15, 0.2) is 0 Å². The fourth-order valence-corrected chi connectivity index (χ4v) is 1.90. The molecular formula is C10H18O2. The molecule has 0 radical (unpaired) electrons. The Morgan fingerprint density at radius 1 is 1.58 bits per heavy atom. The van der Waals surface area contributed by atoms with Crippen molar-refractivity contribution in [1.82, 2.24) is 0 Å². The van der Waals surface area contributed by atoms with Crippen LogP contribution in [0, 0.1) is 11.8 Å². The van der Waals surface area contributed by atoms with E-state index < -0.39 is 0 Å². The summed E-state index contributed by atoms with van der Waals surface area (Å²) >= 11 is 0. The van der Waals surface area contributed by atoms with Crippen molar-refractivity contribution < 1.29 is 9.90 Å². The lowest BCUT2D eigenvalue weighted by Crippen LogP contribution is -2.25. The molecule has 0 aliphatic heterocycles. The number of carbonyl (C=O) groups is 1. The van der Waals surface area contributed by atoms with Gasteiger partial charge in [-0.1, -0.05) is 13.8 Å². The van der Waals surface area contributed by atoms with Crippen molar-refractivity contribution in [2.45, 2.75) is 45.6 Å². The van der Waals surface area contributed by atoms with Gasteiger partial charge in [-0.2, -0.15) is 0 Å². The van der Waals surface area contributed by atoms with Gasteiger partial charge < -0.3 is 5.11 Å². The number of ketones is 1. The maximum atomic E-state index is 11.2. The molecule has 1 fully saturated rings. The van der Waals surface area contributed by atoms with Crippen molar-refractivity contribution in [2.75, 3.05) is 0 Å². The Hall–Kier alpha value is -0.370. The smallest absolute Gasteiger partial charge is 0.138 e. The molecule has 1 rings (SSSR count). The lowest BCUT2D eigenvalue weighted by molar-refractivity contribution is -0.123. The average Bonchev–Trinajstić information content (AvgIpc) is 2.33. The van der Waals surface area contributed by atoms with Crippen LogP contribution in [-0.2, 0) is 4.79 Å². The minimum Gasteiger partial charge on any atom is -0.392 e. The van der Waals surface area contributed by atoms with Crippen molar-refractivity contribution in [2.24, 2.45) is 11.8 Å². The van der Waals surface area contributed by atoms with Gasteiger partial charge in [-0.05, 0) is 25.2 Å². The van der Waals surface area contributed by atoms with Crippen molar-refractivity contribution in [1.29, 1.82) is 0 Å². The molecule has 70 valence electrons. The van der Waals surface area contributed by atoms with Crippen LogP contribution in [0.5, 0.6) is 0 Å². The van der Waals surface area contributed by atoms with Crippen molar-refractivity contribution in [3.63, 3.8) is 0 Å². The van der Waals surface area contributed by atoms with Crippen molar-refractivity contribution >= 4 is 5.78 Å². The molecule has 0 spiro atoms. The van der Waals surface area contributed by atoms with Gasteiger partial charge in [0.1, 0.15) is 5.78 Å². The number of carbonyl (C=O) groups excluding carboxylic acids is 1.